The largest absolute Gasteiger partial charge is 0.507 e. The molecule has 0 bridgehead atoms. The van der Waals surface area contributed by atoms with Crippen molar-refractivity contribution in [3.8, 4) is 17.2 Å². The maximum absolute atomic E-state index is 13.7. The van der Waals surface area contributed by atoms with Gasteiger partial charge in [-0.2, -0.15) is 12.6 Å². The lowest BCUT2D eigenvalue weighted by Gasteiger charge is -2.41. The van der Waals surface area contributed by atoms with Crippen LogP contribution in [0.5, 0.6) is 17.2 Å². The first-order valence-corrected chi connectivity index (χ1v) is 14.8. The van der Waals surface area contributed by atoms with E-state index in [2.05, 4.69) is 40.5 Å². The molecule has 0 aromatic heterocycles. The van der Waals surface area contributed by atoms with E-state index < -0.39 is 59.0 Å². The van der Waals surface area contributed by atoms with Gasteiger partial charge >= 0.3 is 0 Å². The molecule has 5 atom stereocenters. The van der Waals surface area contributed by atoms with Crippen LogP contribution in [0.15, 0.2) is 18.2 Å². The molecule has 1 fully saturated rings. The number of carbonyl (C=O) groups excluding carboxylic acids is 3. The number of aromatic hydroxyl groups is 2. The number of hydrogen-bond donors (Lipinski definition) is 5. The highest BCUT2D eigenvalue weighted by molar-refractivity contribution is 14.1. The van der Waals surface area contributed by atoms with E-state index in [1.165, 1.54) is 19.2 Å². The number of ether oxygens (including phenoxy) is 3. The molecule has 0 saturated carbocycles. The molecule has 1 aliphatic heterocycles. The summed E-state index contributed by atoms with van der Waals surface area (Å²) in [5.41, 5.74) is -2.84. The third-order valence-electron chi connectivity index (χ3n) is 7.63. The summed E-state index contributed by atoms with van der Waals surface area (Å²) in [5, 5.41) is 37.3. The van der Waals surface area contributed by atoms with Gasteiger partial charge in [-0.05, 0) is 19.4 Å². The molecule has 2 aromatic rings. The highest BCUT2D eigenvalue weighted by Gasteiger charge is 2.50. The number of fused-ring (bicyclic) bond motifs is 3. The molecule has 10 nitrogen and oxygen atoms in total. The van der Waals surface area contributed by atoms with E-state index in [0.29, 0.717) is 12.2 Å². The second kappa shape index (κ2) is 11.1. The molecule has 5 rings (SSSR count). The zero-order valence-corrected chi connectivity index (χ0v) is 25.0. The van der Waals surface area contributed by atoms with Gasteiger partial charge in [0.1, 0.15) is 22.8 Å². The number of ketones is 2. The summed E-state index contributed by atoms with van der Waals surface area (Å²) < 4.78 is 17.8. The van der Waals surface area contributed by atoms with E-state index >= 15 is 0 Å². The van der Waals surface area contributed by atoms with Gasteiger partial charge in [0.25, 0.3) is 5.91 Å². The molecule has 2 aliphatic carbocycles. The summed E-state index contributed by atoms with van der Waals surface area (Å²) in [6.07, 6.45) is -1.37. The SMILES string of the molecule is COc1cccc2c1C(=O)c1c(O)c3c(c(O)c1C2=O)C[C@@](O)(C(=O)NCCS)C[C@@H]3O[C@H]1C[C@H](I)C[C@H](C)O1. The minimum atomic E-state index is -2.05. The van der Waals surface area contributed by atoms with E-state index in [0.717, 1.165) is 6.42 Å². The number of thiol groups is 1. The molecule has 0 unspecified atom stereocenters. The maximum atomic E-state index is 13.7. The summed E-state index contributed by atoms with van der Waals surface area (Å²) in [6, 6.07) is 4.51. The molecular formula is C28H30INO9S. The van der Waals surface area contributed by atoms with Crippen molar-refractivity contribution in [3.63, 3.8) is 0 Å². The highest BCUT2D eigenvalue weighted by atomic mass is 127. The molecule has 0 radical (unpaired) electrons. The van der Waals surface area contributed by atoms with E-state index in [4.69, 9.17) is 14.2 Å². The van der Waals surface area contributed by atoms with Gasteiger partial charge in [0, 0.05) is 52.2 Å². The molecule has 3 aliphatic rings. The van der Waals surface area contributed by atoms with Crippen molar-refractivity contribution in [2.24, 2.45) is 0 Å². The number of aliphatic hydroxyl groups is 1. The molecule has 1 heterocycles. The Kier molecular flexibility index (Phi) is 8.09. The van der Waals surface area contributed by atoms with Gasteiger partial charge in [-0.15, -0.1) is 0 Å². The van der Waals surface area contributed by atoms with E-state index in [1.54, 1.807) is 6.07 Å². The third kappa shape index (κ3) is 4.87. The maximum Gasteiger partial charge on any atom is 0.252 e. The van der Waals surface area contributed by atoms with Gasteiger partial charge < -0.3 is 34.8 Å². The van der Waals surface area contributed by atoms with Crippen LogP contribution in [-0.4, -0.2) is 74.1 Å². The van der Waals surface area contributed by atoms with E-state index in [9.17, 15) is 29.7 Å². The van der Waals surface area contributed by atoms with Gasteiger partial charge in [0.15, 0.2) is 12.1 Å². The molecule has 1 saturated heterocycles. The van der Waals surface area contributed by atoms with E-state index in [1.807, 2.05) is 6.92 Å². The number of methoxy groups -OCH3 is 1. The van der Waals surface area contributed by atoms with Crippen molar-refractivity contribution in [1.82, 2.24) is 5.32 Å². The summed E-state index contributed by atoms with van der Waals surface area (Å²) >= 11 is 6.41. The Hall–Kier alpha value is -2.39. The fourth-order valence-corrected chi connectivity index (χ4v) is 7.09. The van der Waals surface area contributed by atoms with Crippen LogP contribution in [0.4, 0.5) is 0 Å². The quantitative estimate of drug-likeness (QED) is 0.114. The van der Waals surface area contributed by atoms with Crippen molar-refractivity contribution in [2.75, 3.05) is 19.4 Å². The Labute approximate surface area is 249 Å². The minimum absolute atomic E-state index is 0.00886. The van der Waals surface area contributed by atoms with Crippen LogP contribution < -0.4 is 10.1 Å². The normalized spacial score (nSPS) is 27.4. The number of phenols is 2. The standard InChI is InChI=1S/C28H30INO9S/c1-12-8-13(29)9-18(38-12)39-17-11-28(36,27(35)30-6-7-40)10-15-20(17)26(34)22-21(24(15)32)23(31)14-4-3-5-16(37-2)19(14)25(22)33/h3-5,12-13,17-18,32,34,36,40H,6-11H2,1-2H3,(H,30,35)/t12-,13+,17-,18-,28-/m0/s1. The number of phenolic OH excluding ortho intramolecular Hbond substituents is 2. The van der Waals surface area contributed by atoms with Crippen molar-refractivity contribution >= 4 is 52.7 Å². The van der Waals surface area contributed by atoms with Crippen LogP contribution in [0.2, 0.25) is 0 Å². The lowest BCUT2D eigenvalue weighted by Crippen LogP contribution is -2.52. The first-order chi connectivity index (χ1) is 19.0. The first kappa shape index (κ1) is 29.1. The number of carbonyl (C=O) groups is 3. The number of alkyl halides is 1. The fraction of sp³-hybridized carbons (Fsp3) is 0.464. The van der Waals surface area contributed by atoms with E-state index in [-0.39, 0.29) is 56.6 Å². The Morgan fingerprint density at radius 3 is 2.58 bits per heavy atom. The topological polar surface area (TPSA) is 152 Å². The van der Waals surface area contributed by atoms with Crippen LogP contribution in [0.1, 0.15) is 75.3 Å². The monoisotopic (exact) mass is 683 g/mol. The summed E-state index contributed by atoms with van der Waals surface area (Å²) in [5.74, 6) is -2.75. The number of benzene rings is 2. The van der Waals surface area contributed by atoms with Crippen molar-refractivity contribution in [1.29, 1.82) is 0 Å². The van der Waals surface area contributed by atoms with Crippen LogP contribution in [0, 0.1) is 0 Å². The molecular weight excluding hydrogens is 653 g/mol. The summed E-state index contributed by atoms with van der Waals surface area (Å²) in [6.45, 7) is 2.10. The summed E-state index contributed by atoms with van der Waals surface area (Å²) in [4.78, 5) is 40.4. The molecule has 4 N–H and O–H groups in total. The van der Waals surface area contributed by atoms with Crippen molar-refractivity contribution in [2.45, 2.75) is 60.6 Å². The predicted molar refractivity (Wildman–Crippen MR) is 155 cm³/mol. The minimum Gasteiger partial charge on any atom is -0.507 e. The molecule has 0 spiro atoms. The first-order valence-electron chi connectivity index (χ1n) is 12.9. The lowest BCUT2D eigenvalue weighted by molar-refractivity contribution is -0.220. The predicted octanol–water partition coefficient (Wildman–Crippen LogP) is 2.99. The van der Waals surface area contributed by atoms with Crippen LogP contribution in [0.3, 0.4) is 0 Å². The number of rotatable bonds is 6. The lowest BCUT2D eigenvalue weighted by atomic mass is 9.72. The third-order valence-corrected chi connectivity index (χ3v) is 8.87. The summed E-state index contributed by atoms with van der Waals surface area (Å²) in [7, 11) is 1.36. The number of nitrogens with one attached hydrogen (secondary N) is 1. The second-order valence-corrected chi connectivity index (χ2v) is 12.6. The molecule has 40 heavy (non-hydrogen) atoms. The molecule has 1 amide bonds. The Morgan fingerprint density at radius 2 is 1.90 bits per heavy atom. The smallest absolute Gasteiger partial charge is 0.252 e. The molecule has 12 heteroatoms. The number of halogens is 1. The molecule has 214 valence electrons. The fourth-order valence-electron chi connectivity index (χ4n) is 5.85. The number of hydrogen-bond acceptors (Lipinski definition) is 10. The second-order valence-electron chi connectivity index (χ2n) is 10.3. The van der Waals surface area contributed by atoms with Gasteiger partial charge in [0.05, 0.1) is 36.0 Å². The van der Waals surface area contributed by atoms with Crippen LogP contribution in [0.25, 0.3) is 0 Å². The zero-order valence-electron chi connectivity index (χ0n) is 21.9. The van der Waals surface area contributed by atoms with Crippen molar-refractivity contribution < 1.29 is 43.9 Å². The molecule has 2 aromatic carbocycles. The van der Waals surface area contributed by atoms with Crippen LogP contribution >= 0.6 is 35.2 Å². The Balaban J connectivity index is 1.67. The van der Waals surface area contributed by atoms with Gasteiger partial charge in [-0.3, -0.25) is 14.4 Å². The Bertz CT molecular complexity index is 1390. The Morgan fingerprint density at radius 1 is 1.18 bits per heavy atom. The van der Waals surface area contributed by atoms with Crippen molar-refractivity contribution in [3.05, 3.63) is 51.6 Å². The number of amides is 1. The highest BCUT2D eigenvalue weighted by Crippen LogP contribution is 2.52. The van der Waals surface area contributed by atoms with Gasteiger partial charge in [-0.25, -0.2) is 0 Å². The average Bonchev–Trinajstić information content (AvgIpc) is 2.90. The average molecular weight is 684 g/mol. The van der Waals surface area contributed by atoms with Crippen LogP contribution in [-0.2, 0) is 20.7 Å². The van der Waals surface area contributed by atoms with Gasteiger partial charge in [0.2, 0.25) is 5.78 Å². The van der Waals surface area contributed by atoms with Gasteiger partial charge in [-0.1, -0.05) is 34.7 Å². The zero-order chi connectivity index (χ0) is 28.9.